The van der Waals surface area contributed by atoms with Crippen molar-refractivity contribution in [2.45, 2.75) is 59.9 Å². The predicted molar refractivity (Wildman–Crippen MR) is 80.7 cm³/mol. The minimum absolute atomic E-state index is 0.165. The molecule has 1 saturated carbocycles. The number of hydrogen-bond donors (Lipinski definition) is 2. The van der Waals surface area contributed by atoms with E-state index in [2.05, 4.69) is 37.7 Å². The van der Waals surface area contributed by atoms with Gasteiger partial charge in [-0.2, -0.15) is 0 Å². The average molecular weight is 290 g/mol. The van der Waals surface area contributed by atoms with Crippen LogP contribution < -0.4 is 10.0 Å². The summed E-state index contributed by atoms with van der Waals surface area (Å²) < 4.78 is 25.7. The average Bonchev–Trinajstić information content (AvgIpc) is 2.11. The predicted octanol–water partition coefficient (Wildman–Crippen LogP) is 2.12. The van der Waals surface area contributed by atoms with Crippen molar-refractivity contribution in [3.63, 3.8) is 0 Å². The second kappa shape index (κ2) is 6.10. The Morgan fingerprint density at radius 2 is 1.63 bits per heavy atom. The summed E-state index contributed by atoms with van der Waals surface area (Å²) in [6.45, 7) is 12.0. The molecular formula is C14H30N2O2S. The first-order chi connectivity index (χ1) is 8.55. The van der Waals surface area contributed by atoms with E-state index >= 15 is 0 Å². The van der Waals surface area contributed by atoms with Crippen LogP contribution >= 0.6 is 0 Å². The Balaban J connectivity index is 2.45. The molecule has 0 amide bonds. The molecule has 0 aromatic rings. The molecule has 0 saturated heterocycles. The van der Waals surface area contributed by atoms with Gasteiger partial charge in [-0.1, -0.05) is 34.6 Å². The molecule has 0 bridgehead atoms. The van der Waals surface area contributed by atoms with Crippen LogP contribution in [0.25, 0.3) is 0 Å². The lowest BCUT2D eigenvalue weighted by Gasteiger charge is -2.45. The van der Waals surface area contributed by atoms with Crippen LogP contribution in [0, 0.1) is 10.8 Å². The molecule has 0 spiro atoms. The van der Waals surface area contributed by atoms with Crippen molar-refractivity contribution in [3.8, 4) is 0 Å². The quantitative estimate of drug-likeness (QED) is 0.788. The number of nitrogens with one attached hydrogen (secondary N) is 2. The van der Waals surface area contributed by atoms with Crippen molar-refractivity contribution in [1.29, 1.82) is 0 Å². The summed E-state index contributed by atoms with van der Waals surface area (Å²) in [7, 11) is -3.10. The lowest BCUT2D eigenvalue weighted by atomic mass is 9.63. The van der Waals surface area contributed by atoms with Crippen LogP contribution in [0.2, 0.25) is 0 Å². The van der Waals surface area contributed by atoms with Crippen molar-refractivity contribution in [2.24, 2.45) is 10.8 Å². The molecule has 4 nitrogen and oxygen atoms in total. The van der Waals surface area contributed by atoms with Gasteiger partial charge >= 0.3 is 0 Å². The van der Waals surface area contributed by atoms with E-state index in [9.17, 15) is 8.42 Å². The van der Waals surface area contributed by atoms with Crippen LogP contribution in [0.5, 0.6) is 0 Å². The molecular weight excluding hydrogens is 260 g/mol. The zero-order valence-electron chi connectivity index (χ0n) is 13.0. The van der Waals surface area contributed by atoms with Crippen molar-refractivity contribution in [2.75, 3.05) is 18.8 Å². The summed E-state index contributed by atoms with van der Waals surface area (Å²) in [6.07, 6.45) is 3.48. The minimum Gasteiger partial charge on any atom is -0.313 e. The maximum atomic E-state index is 11.6. The topological polar surface area (TPSA) is 58.2 Å². The fourth-order valence-corrected chi connectivity index (χ4v) is 4.65. The fraction of sp³-hybridized carbons (Fsp3) is 1.00. The van der Waals surface area contributed by atoms with Gasteiger partial charge in [0.15, 0.2) is 0 Å². The third kappa shape index (κ3) is 6.23. The lowest BCUT2D eigenvalue weighted by molar-refractivity contribution is 0.0860. The fourth-order valence-electron chi connectivity index (χ4n) is 3.68. The van der Waals surface area contributed by atoms with Gasteiger partial charge in [0.05, 0.1) is 5.75 Å². The van der Waals surface area contributed by atoms with Crippen molar-refractivity contribution in [1.82, 2.24) is 10.0 Å². The normalized spacial score (nSPS) is 23.4. The zero-order valence-corrected chi connectivity index (χ0v) is 13.9. The Morgan fingerprint density at radius 1 is 1.11 bits per heavy atom. The van der Waals surface area contributed by atoms with E-state index in [4.69, 9.17) is 0 Å². The highest BCUT2D eigenvalue weighted by Gasteiger charge is 2.38. The van der Waals surface area contributed by atoms with Gasteiger partial charge in [-0.05, 0) is 30.1 Å². The summed E-state index contributed by atoms with van der Waals surface area (Å²) >= 11 is 0. The summed E-state index contributed by atoms with van der Waals surface area (Å²) in [6, 6.07) is 0.426. The highest BCUT2D eigenvalue weighted by atomic mass is 32.2. The molecule has 19 heavy (non-hydrogen) atoms. The summed E-state index contributed by atoms with van der Waals surface area (Å²) in [5.74, 6) is 0.165. The van der Waals surface area contributed by atoms with Crippen LogP contribution in [0.3, 0.4) is 0 Å². The smallest absolute Gasteiger partial charge is 0.212 e. The first-order valence-electron chi connectivity index (χ1n) is 7.26. The van der Waals surface area contributed by atoms with Crippen LogP contribution in [0.15, 0.2) is 0 Å². The van der Waals surface area contributed by atoms with Crippen molar-refractivity contribution >= 4 is 10.0 Å². The first kappa shape index (κ1) is 16.9. The molecule has 0 aliphatic heterocycles. The Hall–Kier alpha value is -0.130. The maximum absolute atomic E-state index is 11.6. The standard InChI is InChI=1S/C14H30N2O2S/c1-6-16-19(17,18)8-7-15-12-9-13(2,3)11-14(4,5)10-12/h12,15-16H,6-11H2,1-5H3. The van der Waals surface area contributed by atoms with E-state index in [1.807, 2.05) is 0 Å². The Morgan fingerprint density at radius 3 is 2.11 bits per heavy atom. The molecule has 0 unspecified atom stereocenters. The lowest BCUT2D eigenvalue weighted by Crippen LogP contribution is -2.45. The molecule has 0 aromatic heterocycles. The Kier molecular flexibility index (Phi) is 5.43. The van der Waals surface area contributed by atoms with Crippen LogP contribution in [0.1, 0.15) is 53.9 Å². The molecule has 114 valence electrons. The van der Waals surface area contributed by atoms with Gasteiger partial charge in [-0.15, -0.1) is 0 Å². The molecule has 1 aliphatic carbocycles. The second-order valence-electron chi connectivity index (χ2n) is 7.38. The Bertz CT molecular complexity index is 372. The maximum Gasteiger partial charge on any atom is 0.212 e. The van der Waals surface area contributed by atoms with Gasteiger partial charge in [0.25, 0.3) is 0 Å². The number of hydrogen-bond acceptors (Lipinski definition) is 3. The van der Waals surface area contributed by atoms with Crippen LogP contribution in [-0.2, 0) is 10.0 Å². The van der Waals surface area contributed by atoms with Gasteiger partial charge < -0.3 is 5.32 Å². The van der Waals surface area contributed by atoms with Crippen molar-refractivity contribution in [3.05, 3.63) is 0 Å². The summed E-state index contributed by atoms with van der Waals surface area (Å²) in [5, 5.41) is 3.43. The zero-order chi connectivity index (χ0) is 14.7. The second-order valence-corrected chi connectivity index (χ2v) is 9.31. The molecule has 0 aromatic carbocycles. The molecule has 1 fully saturated rings. The Labute approximate surface area is 118 Å². The molecule has 0 atom stereocenters. The van der Waals surface area contributed by atoms with Gasteiger partial charge in [-0.3, -0.25) is 0 Å². The van der Waals surface area contributed by atoms with Crippen molar-refractivity contribution < 1.29 is 8.42 Å². The molecule has 2 N–H and O–H groups in total. The largest absolute Gasteiger partial charge is 0.313 e. The van der Waals surface area contributed by atoms with Crippen LogP contribution in [-0.4, -0.2) is 33.3 Å². The summed E-state index contributed by atoms with van der Waals surface area (Å²) in [4.78, 5) is 0. The molecule has 1 aliphatic rings. The van der Waals surface area contributed by atoms with Gasteiger partial charge in [0.1, 0.15) is 0 Å². The highest BCUT2D eigenvalue weighted by molar-refractivity contribution is 7.89. The third-order valence-electron chi connectivity index (χ3n) is 3.72. The minimum atomic E-state index is -3.10. The molecule has 1 rings (SSSR count). The van der Waals surface area contributed by atoms with Gasteiger partial charge in [0, 0.05) is 19.1 Å². The van der Waals surface area contributed by atoms with E-state index in [-0.39, 0.29) is 5.75 Å². The van der Waals surface area contributed by atoms with E-state index in [0.29, 0.717) is 30.0 Å². The molecule has 0 heterocycles. The third-order valence-corrected chi connectivity index (χ3v) is 5.19. The van der Waals surface area contributed by atoms with E-state index in [1.54, 1.807) is 6.92 Å². The molecule has 5 heteroatoms. The van der Waals surface area contributed by atoms with Crippen LogP contribution in [0.4, 0.5) is 0 Å². The number of sulfonamides is 1. The van der Waals surface area contributed by atoms with E-state index in [1.165, 1.54) is 6.42 Å². The monoisotopic (exact) mass is 290 g/mol. The number of rotatable bonds is 6. The first-order valence-corrected chi connectivity index (χ1v) is 8.91. The van der Waals surface area contributed by atoms with E-state index in [0.717, 1.165) is 12.8 Å². The summed E-state index contributed by atoms with van der Waals surface area (Å²) in [5.41, 5.74) is 0.667. The van der Waals surface area contributed by atoms with Gasteiger partial charge in [-0.25, -0.2) is 13.1 Å². The highest BCUT2D eigenvalue weighted by Crippen LogP contribution is 2.45. The van der Waals surface area contributed by atoms with E-state index < -0.39 is 10.0 Å². The SMILES string of the molecule is CCNS(=O)(=O)CCNC1CC(C)(C)CC(C)(C)C1. The van der Waals surface area contributed by atoms with Gasteiger partial charge in [0.2, 0.25) is 10.0 Å². The molecule has 0 radical (unpaired) electrons.